The lowest BCUT2D eigenvalue weighted by atomic mass is 9.98. The normalized spacial score (nSPS) is 15.9. The smallest absolute Gasteiger partial charge is 0.310 e. The third-order valence-electron chi connectivity index (χ3n) is 5.94. The molecule has 9 heteroatoms. The summed E-state index contributed by atoms with van der Waals surface area (Å²) < 4.78 is 33.0. The summed E-state index contributed by atoms with van der Waals surface area (Å²) in [4.78, 5) is 26.3. The van der Waals surface area contributed by atoms with Gasteiger partial charge in [0.1, 0.15) is 4.21 Å². The van der Waals surface area contributed by atoms with E-state index in [9.17, 15) is 18.0 Å². The highest BCUT2D eigenvalue weighted by Gasteiger charge is 2.35. The number of rotatable bonds is 7. The van der Waals surface area contributed by atoms with Crippen molar-refractivity contribution in [3.05, 3.63) is 82.7 Å². The highest BCUT2D eigenvalue weighted by atomic mass is 32.2. The molecule has 2 aromatic carbocycles. The summed E-state index contributed by atoms with van der Waals surface area (Å²) in [5.41, 5.74) is 3.23. The van der Waals surface area contributed by atoms with Crippen LogP contribution in [0.5, 0.6) is 0 Å². The van der Waals surface area contributed by atoms with Gasteiger partial charge in [0, 0.05) is 24.3 Å². The third kappa shape index (κ3) is 5.98. The summed E-state index contributed by atoms with van der Waals surface area (Å²) in [5.74, 6) is -1.42. The molecule has 184 valence electrons. The van der Waals surface area contributed by atoms with E-state index in [1.54, 1.807) is 41.8 Å². The maximum absolute atomic E-state index is 13.2. The molecule has 35 heavy (non-hydrogen) atoms. The Bertz CT molecular complexity index is 1260. The predicted octanol–water partition coefficient (Wildman–Crippen LogP) is 4.69. The molecule has 7 nitrogen and oxygen atoms in total. The lowest BCUT2D eigenvalue weighted by Gasteiger charge is -2.30. The van der Waals surface area contributed by atoms with Crippen molar-refractivity contribution in [2.24, 2.45) is 5.92 Å². The molecule has 4 rings (SSSR count). The quantitative estimate of drug-likeness (QED) is 0.464. The van der Waals surface area contributed by atoms with E-state index in [2.05, 4.69) is 5.32 Å². The highest BCUT2D eigenvalue weighted by Crippen LogP contribution is 2.29. The van der Waals surface area contributed by atoms with Crippen LogP contribution in [0.2, 0.25) is 0 Å². The SMILES string of the molecule is Cc1cc(C)cc(NC(=O)[C@H](OC(=O)C2CCN(S(=O)(=O)c3cccs3)CC2)c2ccccc2)c1. The number of anilines is 1. The number of piperidine rings is 1. The van der Waals surface area contributed by atoms with Crippen molar-refractivity contribution >= 4 is 38.9 Å². The van der Waals surface area contributed by atoms with E-state index >= 15 is 0 Å². The van der Waals surface area contributed by atoms with Crippen LogP contribution in [-0.2, 0) is 24.3 Å². The fraction of sp³-hybridized carbons (Fsp3) is 0.308. The second kappa shape index (κ2) is 10.7. The van der Waals surface area contributed by atoms with E-state index in [0.29, 0.717) is 28.3 Å². The van der Waals surface area contributed by atoms with Gasteiger partial charge >= 0.3 is 5.97 Å². The molecule has 0 aliphatic carbocycles. The summed E-state index contributed by atoms with van der Waals surface area (Å²) >= 11 is 1.18. The van der Waals surface area contributed by atoms with Crippen LogP contribution in [0.4, 0.5) is 5.69 Å². The predicted molar refractivity (Wildman–Crippen MR) is 136 cm³/mol. The van der Waals surface area contributed by atoms with Gasteiger partial charge in [-0.3, -0.25) is 9.59 Å². The van der Waals surface area contributed by atoms with Crippen molar-refractivity contribution < 1.29 is 22.7 Å². The topological polar surface area (TPSA) is 92.8 Å². The van der Waals surface area contributed by atoms with Crippen LogP contribution < -0.4 is 5.32 Å². The summed E-state index contributed by atoms with van der Waals surface area (Å²) in [6.07, 6.45) is -0.440. The summed E-state index contributed by atoms with van der Waals surface area (Å²) in [5, 5.41) is 4.60. The number of hydrogen-bond donors (Lipinski definition) is 1. The largest absolute Gasteiger partial charge is 0.447 e. The molecule has 1 fully saturated rings. The minimum absolute atomic E-state index is 0.227. The van der Waals surface area contributed by atoms with Gasteiger partial charge in [0.05, 0.1) is 5.92 Å². The molecule has 1 atom stereocenters. The number of carbonyl (C=O) groups excluding carboxylic acids is 2. The number of hydrogen-bond acceptors (Lipinski definition) is 6. The Morgan fingerprint density at radius 1 is 1.00 bits per heavy atom. The minimum Gasteiger partial charge on any atom is -0.447 e. The van der Waals surface area contributed by atoms with Crippen LogP contribution in [0.15, 0.2) is 70.3 Å². The van der Waals surface area contributed by atoms with Gasteiger partial charge < -0.3 is 10.1 Å². The molecule has 3 aromatic rings. The molecular formula is C26H28N2O5S2. The Labute approximate surface area is 209 Å². The van der Waals surface area contributed by atoms with E-state index in [1.807, 2.05) is 38.1 Å². The molecule has 0 saturated carbocycles. The second-order valence-corrected chi connectivity index (χ2v) is 11.8. The molecule has 1 aliphatic rings. The fourth-order valence-corrected chi connectivity index (χ4v) is 6.85. The zero-order valence-electron chi connectivity index (χ0n) is 19.6. The molecular weight excluding hydrogens is 484 g/mol. The average Bonchev–Trinajstić information content (AvgIpc) is 3.38. The second-order valence-electron chi connectivity index (χ2n) is 8.70. The summed E-state index contributed by atoms with van der Waals surface area (Å²) in [6.45, 7) is 4.35. The van der Waals surface area contributed by atoms with E-state index in [0.717, 1.165) is 11.1 Å². The number of benzene rings is 2. The van der Waals surface area contributed by atoms with Gasteiger partial charge in [0.15, 0.2) is 0 Å². The molecule has 1 N–H and O–H groups in total. The zero-order chi connectivity index (χ0) is 25.0. The number of nitrogens with zero attached hydrogens (tertiary/aromatic N) is 1. The van der Waals surface area contributed by atoms with Crippen LogP contribution in [-0.4, -0.2) is 37.7 Å². The van der Waals surface area contributed by atoms with Crippen molar-refractivity contribution in [1.82, 2.24) is 4.31 Å². The number of thiophene rings is 1. The molecule has 2 heterocycles. The molecule has 0 bridgehead atoms. The van der Waals surface area contributed by atoms with Gasteiger partial charge in [-0.2, -0.15) is 4.31 Å². The molecule has 0 unspecified atom stereocenters. The van der Waals surface area contributed by atoms with E-state index in [1.165, 1.54) is 15.6 Å². The van der Waals surface area contributed by atoms with Gasteiger partial charge in [-0.25, -0.2) is 8.42 Å². The molecule has 0 spiro atoms. The van der Waals surface area contributed by atoms with E-state index in [-0.39, 0.29) is 13.1 Å². The van der Waals surface area contributed by atoms with Crippen LogP contribution in [0, 0.1) is 19.8 Å². The number of carbonyl (C=O) groups is 2. The summed E-state index contributed by atoms with van der Waals surface area (Å²) in [7, 11) is -3.55. The Kier molecular flexibility index (Phi) is 7.69. The molecule has 1 amide bonds. The number of nitrogens with one attached hydrogen (secondary N) is 1. The number of amides is 1. The van der Waals surface area contributed by atoms with Gasteiger partial charge in [0.25, 0.3) is 15.9 Å². The zero-order valence-corrected chi connectivity index (χ0v) is 21.3. The molecule has 0 radical (unpaired) electrons. The van der Waals surface area contributed by atoms with Crippen molar-refractivity contribution in [3.63, 3.8) is 0 Å². The molecule has 1 saturated heterocycles. The first-order chi connectivity index (χ1) is 16.7. The van der Waals surface area contributed by atoms with E-state index in [4.69, 9.17) is 4.74 Å². The van der Waals surface area contributed by atoms with Crippen molar-refractivity contribution in [3.8, 4) is 0 Å². The number of ether oxygens (including phenoxy) is 1. The standard InChI is InChI=1S/C26H28N2O5S2/c1-18-15-19(2)17-22(16-18)27-25(29)24(20-7-4-3-5-8-20)33-26(30)21-10-12-28(13-11-21)35(31,32)23-9-6-14-34-23/h3-9,14-17,21,24H,10-13H2,1-2H3,(H,27,29)/t24-/m1/s1. The van der Waals surface area contributed by atoms with Gasteiger partial charge in [0.2, 0.25) is 6.10 Å². The van der Waals surface area contributed by atoms with Crippen molar-refractivity contribution in [2.75, 3.05) is 18.4 Å². The first-order valence-corrected chi connectivity index (χ1v) is 13.7. The van der Waals surface area contributed by atoms with Crippen LogP contribution in [0.1, 0.15) is 35.6 Å². The first-order valence-electron chi connectivity index (χ1n) is 11.4. The minimum atomic E-state index is -3.55. The van der Waals surface area contributed by atoms with Crippen LogP contribution in [0.25, 0.3) is 0 Å². The van der Waals surface area contributed by atoms with Gasteiger partial charge in [-0.05, 0) is 61.4 Å². The monoisotopic (exact) mass is 512 g/mol. The van der Waals surface area contributed by atoms with Crippen molar-refractivity contribution in [2.45, 2.75) is 37.0 Å². The Hall–Kier alpha value is -3.01. The molecule has 1 aliphatic heterocycles. The Balaban J connectivity index is 1.45. The Morgan fingerprint density at radius 3 is 2.26 bits per heavy atom. The van der Waals surface area contributed by atoms with Gasteiger partial charge in [-0.1, -0.05) is 42.5 Å². The van der Waals surface area contributed by atoms with Gasteiger partial charge in [-0.15, -0.1) is 11.3 Å². The van der Waals surface area contributed by atoms with Crippen LogP contribution >= 0.6 is 11.3 Å². The number of sulfonamides is 1. The fourth-order valence-electron chi connectivity index (χ4n) is 4.24. The maximum atomic E-state index is 13.2. The highest BCUT2D eigenvalue weighted by molar-refractivity contribution is 7.91. The maximum Gasteiger partial charge on any atom is 0.310 e. The lowest BCUT2D eigenvalue weighted by Crippen LogP contribution is -2.41. The van der Waals surface area contributed by atoms with Crippen LogP contribution in [0.3, 0.4) is 0 Å². The lowest BCUT2D eigenvalue weighted by molar-refractivity contribution is -0.160. The van der Waals surface area contributed by atoms with E-state index < -0.39 is 33.9 Å². The number of aryl methyl sites for hydroxylation is 2. The average molecular weight is 513 g/mol. The Morgan fingerprint density at radius 2 is 1.66 bits per heavy atom. The van der Waals surface area contributed by atoms with Crippen molar-refractivity contribution in [1.29, 1.82) is 0 Å². The first kappa shape index (κ1) is 25.1. The third-order valence-corrected chi connectivity index (χ3v) is 9.21. The number of esters is 1. The molecule has 1 aromatic heterocycles. The summed E-state index contributed by atoms with van der Waals surface area (Å²) in [6, 6.07) is 17.9.